The van der Waals surface area contributed by atoms with Crippen LogP contribution in [-0.2, 0) is 4.52 Å². The van der Waals surface area contributed by atoms with Crippen LogP contribution in [0.1, 0.15) is 90.9 Å². The van der Waals surface area contributed by atoms with Crippen LogP contribution < -0.4 is 0 Å². The zero-order valence-corrected chi connectivity index (χ0v) is 15.0. The van der Waals surface area contributed by atoms with Gasteiger partial charge in [-0.15, -0.1) is 0 Å². The second-order valence-corrected chi connectivity index (χ2v) is 11.7. The van der Waals surface area contributed by atoms with Crippen LogP contribution in [-0.4, -0.2) is 24.1 Å². The summed E-state index contributed by atoms with van der Waals surface area (Å²) < 4.78 is 6.84. The van der Waals surface area contributed by atoms with E-state index in [0.717, 1.165) is 17.9 Å². The number of hydrogen-bond donors (Lipinski definition) is 0. The Balaban J connectivity index is 2.09. The Labute approximate surface area is 127 Å². The molecule has 2 aliphatic rings. The second-order valence-electron chi connectivity index (χ2n) is 7.18. The average molecular weight is 300 g/mol. The molecule has 0 unspecified atom stereocenters. The maximum absolute atomic E-state index is 6.84. The third-order valence-corrected chi connectivity index (χ3v) is 11.8. The van der Waals surface area contributed by atoms with Crippen LogP contribution in [0.2, 0.25) is 0 Å². The maximum atomic E-state index is 6.84. The van der Waals surface area contributed by atoms with Gasteiger partial charge in [-0.05, 0) is 0 Å². The molecular formula is C18H37OP. The van der Waals surface area contributed by atoms with Crippen LogP contribution in [0.25, 0.3) is 0 Å². The van der Waals surface area contributed by atoms with Gasteiger partial charge in [-0.25, -0.2) is 0 Å². The van der Waals surface area contributed by atoms with Gasteiger partial charge in [0.05, 0.1) is 0 Å². The van der Waals surface area contributed by atoms with Crippen LogP contribution in [0.15, 0.2) is 0 Å². The second kappa shape index (κ2) is 8.74. The third kappa shape index (κ3) is 3.98. The van der Waals surface area contributed by atoms with Crippen LogP contribution in [0, 0.1) is 0 Å². The first-order chi connectivity index (χ1) is 9.83. The molecule has 0 amide bonds. The fourth-order valence-electron chi connectivity index (χ4n) is 4.84. The van der Waals surface area contributed by atoms with E-state index < -0.39 is 7.49 Å². The molecule has 0 aromatic heterocycles. The Morgan fingerprint density at radius 2 is 1.30 bits per heavy atom. The summed E-state index contributed by atoms with van der Waals surface area (Å²) in [5.41, 5.74) is 1.97. The zero-order chi connectivity index (χ0) is 14.3. The molecule has 0 bridgehead atoms. The molecule has 0 spiro atoms. The third-order valence-electron chi connectivity index (χ3n) is 6.01. The van der Waals surface area contributed by atoms with Gasteiger partial charge in [0.25, 0.3) is 0 Å². The molecule has 120 valence electrons. The number of rotatable bonds is 7. The Bertz CT molecular complexity index is 236. The topological polar surface area (TPSA) is 9.23 Å². The molecule has 0 N–H and O–H groups in total. The van der Waals surface area contributed by atoms with Crippen LogP contribution >= 0.6 is 7.49 Å². The molecule has 2 saturated carbocycles. The Morgan fingerprint density at radius 1 is 0.800 bits per heavy atom. The molecule has 0 aromatic rings. The first-order valence-corrected chi connectivity index (χ1v) is 11.7. The predicted octanol–water partition coefficient (Wildman–Crippen LogP) is 6.15. The van der Waals surface area contributed by atoms with Gasteiger partial charge in [-0.3, -0.25) is 0 Å². The van der Waals surface area contributed by atoms with Crippen molar-refractivity contribution < 1.29 is 4.52 Å². The minimum absolute atomic E-state index is 0.987. The van der Waals surface area contributed by atoms with E-state index in [1.54, 1.807) is 0 Å². The van der Waals surface area contributed by atoms with E-state index >= 15 is 0 Å². The van der Waals surface area contributed by atoms with Crippen LogP contribution in [0.3, 0.4) is 0 Å². The van der Waals surface area contributed by atoms with E-state index in [1.165, 1.54) is 83.2 Å². The summed E-state index contributed by atoms with van der Waals surface area (Å²) in [6.07, 6.45) is 18.7. The number of unbranched alkanes of at least 4 members (excludes halogenated alkanes) is 1. The Hall–Kier alpha value is 0.390. The van der Waals surface area contributed by atoms with Crippen molar-refractivity contribution in [3.63, 3.8) is 0 Å². The van der Waals surface area contributed by atoms with Crippen molar-refractivity contribution in [3.8, 4) is 0 Å². The molecule has 0 heterocycles. The molecular weight excluding hydrogens is 263 g/mol. The van der Waals surface area contributed by atoms with E-state index in [1.807, 2.05) is 0 Å². The molecule has 0 atom stereocenters. The molecule has 20 heavy (non-hydrogen) atoms. The number of hydrogen-bond acceptors (Lipinski definition) is 1. The minimum atomic E-state index is -1.51. The summed E-state index contributed by atoms with van der Waals surface area (Å²) in [7, 11) is -1.51. The summed E-state index contributed by atoms with van der Waals surface area (Å²) in [4.78, 5) is 0. The Morgan fingerprint density at radius 3 is 1.70 bits per heavy atom. The van der Waals surface area contributed by atoms with Gasteiger partial charge in [-0.2, -0.15) is 0 Å². The SMILES string of the molecule is CCCCO[PH](CC)(C1CCCCC1)C1CCCCC1. The first-order valence-electron chi connectivity index (χ1n) is 9.47. The molecule has 0 aliphatic heterocycles. The van der Waals surface area contributed by atoms with Gasteiger partial charge < -0.3 is 0 Å². The van der Waals surface area contributed by atoms with Crippen LogP contribution in [0.4, 0.5) is 0 Å². The molecule has 0 aromatic carbocycles. The molecule has 2 rings (SSSR count). The monoisotopic (exact) mass is 300 g/mol. The van der Waals surface area contributed by atoms with E-state index in [-0.39, 0.29) is 0 Å². The average Bonchev–Trinajstić information content (AvgIpc) is 2.54. The molecule has 0 radical (unpaired) electrons. The first kappa shape index (κ1) is 16.8. The summed E-state index contributed by atoms with van der Waals surface area (Å²) in [5, 5.41) is 0. The normalized spacial score (nSPS) is 23.9. The quantitative estimate of drug-likeness (QED) is 0.404. The summed E-state index contributed by atoms with van der Waals surface area (Å²) in [6, 6.07) is 0. The van der Waals surface area contributed by atoms with Crippen molar-refractivity contribution in [2.24, 2.45) is 0 Å². The summed E-state index contributed by atoms with van der Waals surface area (Å²) >= 11 is 0. The molecule has 0 saturated heterocycles. The fraction of sp³-hybridized carbons (Fsp3) is 1.00. The van der Waals surface area contributed by atoms with E-state index in [2.05, 4.69) is 13.8 Å². The standard InChI is InChI=1S/C18H37OP/c1-3-5-16-19-20(4-2,17-12-8-6-9-13-17)18-14-10-7-11-15-18/h17-18,20H,3-16H2,1-2H3. The van der Waals surface area contributed by atoms with Crippen molar-refractivity contribution in [2.75, 3.05) is 12.8 Å². The van der Waals surface area contributed by atoms with Crippen molar-refractivity contribution in [2.45, 2.75) is 102 Å². The summed E-state index contributed by atoms with van der Waals surface area (Å²) in [6.45, 7) is 5.81. The van der Waals surface area contributed by atoms with Crippen molar-refractivity contribution in [3.05, 3.63) is 0 Å². The van der Waals surface area contributed by atoms with Crippen molar-refractivity contribution >= 4 is 7.49 Å². The van der Waals surface area contributed by atoms with Gasteiger partial charge in [0.15, 0.2) is 0 Å². The molecule has 1 nitrogen and oxygen atoms in total. The predicted molar refractivity (Wildman–Crippen MR) is 93.5 cm³/mol. The molecule has 2 aliphatic carbocycles. The van der Waals surface area contributed by atoms with Crippen molar-refractivity contribution in [1.82, 2.24) is 0 Å². The zero-order valence-electron chi connectivity index (χ0n) is 14.0. The summed E-state index contributed by atoms with van der Waals surface area (Å²) in [5.74, 6) is 0. The van der Waals surface area contributed by atoms with Gasteiger partial charge in [0, 0.05) is 0 Å². The van der Waals surface area contributed by atoms with Crippen LogP contribution in [0.5, 0.6) is 0 Å². The molecule has 2 fully saturated rings. The van der Waals surface area contributed by atoms with E-state index in [0.29, 0.717) is 0 Å². The van der Waals surface area contributed by atoms with Gasteiger partial charge in [0.1, 0.15) is 0 Å². The van der Waals surface area contributed by atoms with Gasteiger partial charge in [-0.1, -0.05) is 0 Å². The van der Waals surface area contributed by atoms with Gasteiger partial charge in [0.2, 0.25) is 0 Å². The molecule has 2 heteroatoms. The van der Waals surface area contributed by atoms with E-state index in [9.17, 15) is 0 Å². The van der Waals surface area contributed by atoms with E-state index in [4.69, 9.17) is 4.52 Å². The Kier molecular flexibility index (Phi) is 7.32. The van der Waals surface area contributed by atoms with Crippen molar-refractivity contribution in [1.29, 1.82) is 0 Å². The fourth-order valence-corrected chi connectivity index (χ4v) is 10.6. The van der Waals surface area contributed by atoms with Gasteiger partial charge >= 0.3 is 127 Å².